The molecule has 1 aliphatic rings. The molecule has 7 N–H and O–H groups in total. The summed E-state index contributed by atoms with van der Waals surface area (Å²) in [6, 6.07) is 6.36. The first kappa shape index (κ1) is 17.4. The second-order valence-corrected chi connectivity index (χ2v) is 6.45. The Morgan fingerprint density at radius 1 is 1.32 bits per heavy atom. The Bertz CT molecular complexity index is 801. The largest absolute Gasteiger partial charge is 0.391 e. The minimum atomic E-state index is -1.10. The van der Waals surface area contributed by atoms with Gasteiger partial charge in [-0.3, -0.25) is 25.8 Å². The molecule has 25 heavy (non-hydrogen) atoms. The van der Waals surface area contributed by atoms with Crippen molar-refractivity contribution in [1.82, 2.24) is 21.2 Å². The summed E-state index contributed by atoms with van der Waals surface area (Å²) >= 11 is 0. The Morgan fingerprint density at radius 3 is 2.76 bits per heavy atom. The lowest BCUT2D eigenvalue weighted by Crippen LogP contribution is -2.57. The third-order valence-corrected chi connectivity index (χ3v) is 4.59. The average Bonchev–Trinajstić information content (AvgIpc) is 2.98. The van der Waals surface area contributed by atoms with Gasteiger partial charge < -0.3 is 15.8 Å². The second kappa shape index (κ2) is 6.83. The molecule has 2 heterocycles. The van der Waals surface area contributed by atoms with Crippen LogP contribution in [0, 0.1) is 0 Å². The third-order valence-electron chi connectivity index (χ3n) is 4.59. The summed E-state index contributed by atoms with van der Waals surface area (Å²) in [5, 5.41) is 13.6. The number of hydrogen-bond donors (Lipinski definition) is 6. The van der Waals surface area contributed by atoms with Gasteiger partial charge in [0.1, 0.15) is 6.04 Å². The van der Waals surface area contributed by atoms with E-state index >= 15 is 0 Å². The predicted molar refractivity (Wildman–Crippen MR) is 93.3 cm³/mol. The number of benzene rings is 1. The quantitative estimate of drug-likeness (QED) is 0.421. The topological polar surface area (TPSA) is 132 Å². The molecule has 4 atom stereocenters. The highest BCUT2D eigenvalue weighted by atomic mass is 16.3. The van der Waals surface area contributed by atoms with E-state index in [1.807, 2.05) is 31.2 Å². The standard InChI is InChI=1S/C17H23N5O3/c1-8-15-11(10-5-3-4-6-12(10)20-15)7-13(19-8)16(24)21-22-17(25)14(18)9(2)23/h3-6,8-9,13-14,19-20,23H,7,18H2,1-2H3,(H,21,24)(H,22,25)/t8-,9+,13-,14+/m0/s1. The summed E-state index contributed by atoms with van der Waals surface area (Å²) in [5.41, 5.74) is 13.4. The van der Waals surface area contributed by atoms with Gasteiger partial charge in [0.25, 0.3) is 11.8 Å². The first-order valence-corrected chi connectivity index (χ1v) is 8.27. The molecule has 1 aliphatic heterocycles. The SMILES string of the molecule is C[C@@H]1N[C@H](C(=O)NNC(=O)[C@H](N)[C@@H](C)O)Cc2c1[nH]c1ccccc21. The number of hydrazine groups is 1. The lowest BCUT2D eigenvalue weighted by Gasteiger charge is -2.28. The fourth-order valence-corrected chi connectivity index (χ4v) is 3.14. The van der Waals surface area contributed by atoms with E-state index in [2.05, 4.69) is 21.2 Å². The molecule has 0 unspecified atom stereocenters. The smallest absolute Gasteiger partial charge is 0.257 e. The van der Waals surface area contributed by atoms with Crippen LogP contribution in [0.5, 0.6) is 0 Å². The maximum Gasteiger partial charge on any atom is 0.257 e. The summed E-state index contributed by atoms with van der Waals surface area (Å²) in [5.74, 6) is -0.992. The zero-order chi connectivity index (χ0) is 18.1. The number of carbonyl (C=O) groups is 2. The Labute approximate surface area is 145 Å². The minimum Gasteiger partial charge on any atom is -0.391 e. The summed E-state index contributed by atoms with van der Waals surface area (Å²) in [6.45, 7) is 3.39. The Kier molecular flexibility index (Phi) is 4.76. The number of aliphatic hydroxyl groups excluding tert-OH is 1. The van der Waals surface area contributed by atoms with E-state index in [9.17, 15) is 14.7 Å². The molecule has 0 bridgehead atoms. The molecule has 0 aliphatic carbocycles. The number of aromatic nitrogens is 1. The summed E-state index contributed by atoms with van der Waals surface area (Å²) < 4.78 is 0. The Morgan fingerprint density at radius 2 is 2.04 bits per heavy atom. The van der Waals surface area contributed by atoms with E-state index in [0.717, 1.165) is 22.2 Å². The molecule has 0 fully saturated rings. The first-order chi connectivity index (χ1) is 11.9. The fraction of sp³-hybridized carbons (Fsp3) is 0.412. The third kappa shape index (κ3) is 3.37. The van der Waals surface area contributed by atoms with Crippen molar-refractivity contribution < 1.29 is 14.7 Å². The molecule has 0 saturated heterocycles. The number of nitrogens with one attached hydrogen (secondary N) is 4. The van der Waals surface area contributed by atoms with Gasteiger partial charge in [0.15, 0.2) is 0 Å². The molecular weight excluding hydrogens is 322 g/mol. The number of aromatic amines is 1. The van der Waals surface area contributed by atoms with Gasteiger partial charge in [0, 0.05) is 22.6 Å². The average molecular weight is 345 g/mol. The van der Waals surface area contributed by atoms with E-state index < -0.39 is 24.1 Å². The zero-order valence-electron chi connectivity index (χ0n) is 14.2. The van der Waals surface area contributed by atoms with Crippen LogP contribution in [-0.2, 0) is 16.0 Å². The van der Waals surface area contributed by atoms with Crippen molar-refractivity contribution in [2.24, 2.45) is 5.73 Å². The zero-order valence-corrected chi connectivity index (χ0v) is 14.2. The predicted octanol–water partition coefficient (Wildman–Crippen LogP) is -0.401. The lowest BCUT2D eigenvalue weighted by molar-refractivity contribution is -0.132. The van der Waals surface area contributed by atoms with Gasteiger partial charge in [-0.2, -0.15) is 0 Å². The van der Waals surface area contributed by atoms with E-state index in [1.54, 1.807) is 0 Å². The van der Waals surface area contributed by atoms with Crippen molar-refractivity contribution in [2.75, 3.05) is 0 Å². The van der Waals surface area contributed by atoms with Crippen LogP contribution in [0.15, 0.2) is 24.3 Å². The lowest BCUT2D eigenvalue weighted by atomic mass is 9.94. The molecule has 8 nitrogen and oxygen atoms in total. The van der Waals surface area contributed by atoms with Gasteiger partial charge in [-0.1, -0.05) is 18.2 Å². The molecule has 1 aromatic carbocycles. The van der Waals surface area contributed by atoms with E-state index in [0.29, 0.717) is 6.42 Å². The maximum atomic E-state index is 12.4. The summed E-state index contributed by atoms with van der Waals surface area (Å²) in [4.78, 5) is 27.5. The Hall–Kier alpha value is -2.42. The normalized spacial score (nSPS) is 22.1. The molecule has 1 aromatic heterocycles. The molecule has 0 saturated carbocycles. The number of H-pyrrole nitrogens is 1. The van der Waals surface area contributed by atoms with Gasteiger partial charge in [0.05, 0.1) is 12.1 Å². The van der Waals surface area contributed by atoms with Crippen molar-refractivity contribution in [2.45, 2.75) is 44.5 Å². The van der Waals surface area contributed by atoms with E-state index in [-0.39, 0.29) is 11.9 Å². The molecule has 8 heteroatoms. The van der Waals surface area contributed by atoms with Crippen LogP contribution in [0.1, 0.15) is 31.1 Å². The number of fused-ring (bicyclic) bond motifs is 3. The molecule has 2 amide bonds. The fourth-order valence-electron chi connectivity index (χ4n) is 3.14. The molecule has 3 rings (SSSR count). The number of para-hydroxylation sites is 1. The van der Waals surface area contributed by atoms with Crippen molar-refractivity contribution in [3.8, 4) is 0 Å². The van der Waals surface area contributed by atoms with Crippen LogP contribution in [0.4, 0.5) is 0 Å². The molecular formula is C17H23N5O3. The van der Waals surface area contributed by atoms with Crippen molar-refractivity contribution >= 4 is 22.7 Å². The van der Waals surface area contributed by atoms with Crippen LogP contribution < -0.4 is 21.9 Å². The van der Waals surface area contributed by atoms with Crippen LogP contribution in [-0.4, -0.2) is 40.1 Å². The van der Waals surface area contributed by atoms with Gasteiger partial charge >= 0.3 is 0 Å². The molecule has 0 spiro atoms. The molecule has 134 valence electrons. The maximum absolute atomic E-state index is 12.4. The van der Waals surface area contributed by atoms with Crippen LogP contribution >= 0.6 is 0 Å². The van der Waals surface area contributed by atoms with Crippen molar-refractivity contribution in [3.63, 3.8) is 0 Å². The second-order valence-electron chi connectivity index (χ2n) is 6.45. The highest BCUT2D eigenvalue weighted by Gasteiger charge is 2.31. The van der Waals surface area contributed by atoms with Crippen LogP contribution in [0.25, 0.3) is 10.9 Å². The van der Waals surface area contributed by atoms with Crippen molar-refractivity contribution in [1.29, 1.82) is 0 Å². The summed E-state index contributed by atoms with van der Waals surface area (Å²) in [6.07, 6.45) is -0.494. The highest BCUT2D eigenvalue weighted by Crippen LogP contribution is 2.31. The number of carbonyl (C=O) groups excluding carboxylic acids is 2. The Balaban J connectivity index is 1.70. The van der Waals surface area contributed by atoms with E-state index in [1.165, 1.54) is 6.92 Å². The van der Waals surface area contributed by atoms with Crippen molar-refractivity contribution in [3.05, 3.63) is 35.5 Å². The van der Waals surface area contributed by atoms with Crippen LogP contribution in [0.3, 0.4) is 0 Å². The number of hydrogen-bond acceptors (Lipinski definition) is 5. The van der Waals surface area contributed by atoms with Gasteiger partial charge in [-0.25, -0.2) is 0 Å². The van der Waals surface area contributed by atoms with Gasteiger partial charge in [-0.15, -0.1) is 0 Å². The molecule has 2 aromatic rings. The number of rotatable bonds is 3. The molecule has 0 radical (unpaired) electrons. The highest BCUT2D eigenvalue weighted by molar-refractivity contribution is 5.90. The number of aliphatic hydroxyl groups is 1. The summed E-state index contributed by atoms with van der Waals surface area (Å²) in [7, 11) is 0. The van der Waals surface area contributed by atoms with Gasteiger partial charge in [-0.05, 0) is 31.9 Å². The van der Waals surface area contributed by atoms with E-state index in [4.69, 9.17) is 5.73 Å². The first-order valence-electron chi connectivity index (χ1n) is 8.27. The van der Waals surface area contributed by atoms with Gasteiger partial charge in [0.2, 0.25) is 0 Å². The monoisotopic (exact) mass is 345 g/mol. The minimum absolute atomic E-state index is 0.0256. The van der Waals surface area contributed by atoms with Crippen LogP contribution in [0.2, 0.25) is 0 Å². The number of nitrogens with two attached hydrogens (primary N) is 1. The number of amides is 2.